The van der Waals surface area contributed by atoms with Crippen LogP contribution in [0, 0.1) is 11.3 Å². The first-order valence-corrected chi connectivity index (χ1v) is 4.63. The summed E-state index contributed by atoms with van der Waals surface area (Å²) in [4.78, 5) is 0. The Bertz CT molecular complexity index is 343. The van der Waals surface area contributed by atoms with Crippen molar-refractivity contribution in [1.29, 1.82) is 5.26 Å². The van der Waals surface area contributed by atoms with Gasteiger partial charge in [-0.1, -0.05) is 25.1 Å². The summed E-state index contributed by atoms with van der Waals surface area (Å²) in [5.74, 6) is 0. The van der Waals surface area contributed by atoms with Crippen LogP contribution in [0.4, 0.5) is 0 Å². The molecule has 0 bridgehead atoms. The van der Waals surface area contributed by atoms with Gasteiger partial charge >= 0.3 is 0 Å². The van der Waals surface area contributed by atoms with E-state index in [1.165, 1.54) is 0 Å². The van der Waals surface area contributed by atoms with Crippen LogP contribution in [0.25, 0.3) is 0 Å². The van der Waals surface area contributed by atoms with Crippen LogP contribution >= 0.6 is 0 Å². The average Bonchev–Trinajstić information content (AvgIpc) is 2.26. The van der Waals surface area contributed by atoms with E-state index in [0.29, 0.717) is 17.5 Å². The first-order valence-electron chi connectivity index (χ1n) is 4.63. The van der Waals surface area contributed by atoms with E-state index >= 15 is 0 Å². The van der Waals surface area contributed by atoms with Crippen LogP contribution in [-0.2, 0) is 0 Å². The monoisotopic (exact) mass is 190 g/mol. The molecule has 3 N–H and O–H groups in total. The van der Waals surface area contributed by atoms with Gasteiger partial charge in [-0.2, -0.15) is 5.26 Å². The lowest BCUT2D eigenvalue weighted by molar-refractivity contribution is 0.140. The molecule has 0 aliphatic heterocycles. The summed E-state index contributed by atoms with van der Waals surface area (Å²) in [5, 5.41) is 18.4. The van der Waals surface area contributed by atoms with Crippen LogP contribution in [0.2, 0.25) is 0 Å². The van der Waals surface area contributed by atoms with Crippen LogP contribution in [0.1, 0.15) is 30.5 Å². The Morgan fingerprint density at radius 3 is 2.71 bits per heavy atom. The molecule has 1 aromatic carbocycles. The molecule has 0 unspecified atom stereocenters. The highest BCUT2D eigenvalue weighted by molar-refractivity contribution is 5.39. The number of nitrogens with two attached hydrogens (primary N) is 1. The Balaban J connectivity index is 3.01. The highest BCUT2D eigenvalue weighted by Gasteiger charge is 2.17. The van der Waals surface area contributed by atoms with Gasteiger partial charge in [0.1, 0.15) is 0 Å². The molecule has 0 heterocycles. The molecule has 3 nitrogen and oxygen atoms in total. The molecule has 0 aromatic heterocycles. The maximum atomic E-state index is 9.57. The fourth-order valence-corrected chi connectivity index (χ4v) is 1.35. The lowest BCUT2D eigenvalue weighted by Crippen LogP contribution is -2.26. The van der Waals surface area contributed by atoms with Crippen LogP contribution in [0.3, 0.4) is 0 Å². The molecule has 1 aromatic rings. The standard InChI is InChI=1S/C11H14N2O/c1-2-10(14)11(13)9-6-4-3-5-8(9)7-12/h3-6,10-11,14H,2,13H2,1H3/t10-,11+/m0/s1. The van der Waals surface area contributed by atoms with Crippen LogP contribution in [0.5, 0.6) is 0 Å². The lowest BCUT2D eigenvalue weighted by Gasteiger charge is -2.18. The Labute approximate surface area is 83.8 Å². The third kappa shape index (κ3) is 2.11. The van der Waals surface area contributed by atoms with E-state index < -0.39 is 12.1 Å². The molecule has 0 amide bonds. The zero-order valence-corrected chi connectivity index (χ0v) is 8.14. The van der Waals surface area contributed by atoms with Crippen molar-refractivity contribution in [3.63, 3.8) is 0 Å². The molecule has 0 saturated heterocycles. The normalized spacial score (nSPS) is 14.4. The highest BCUT2D eigenvalue weighted by atomic mass is 16.3. The van der Waals surface area contributed by atoms with E-state index in [4.69, 9.17) is 11.0 Å². The second-order valence-corrected chi connectivity index (χ2v) is 3.20. The smallest absolute Gasteiger partial charge is 0.0995 e. The molecular weight excluding hydrogens is 176 g/mol. The van der Waals surface area contributed by atoms with Gasteiger partial charge in [-0.25, -0.2) is 0 Å². The Morgan fingerprint density at radius 1 is 1.50 bits per heavy atom. The summed E-state index contributed by atoms with van der Waals surface area (Å²) in [7, 11) is 0. The third-order valence-corrected chi connectivity index (χ3v) is 2.27. The summed E-state index contributed by atoms with van der Waals surface area (Å²) in [6.07, 6.45) is -0.00880. The van der Waals surface area contributed by atoms with Gasteiger partial charge in [-0.15, -0.1) is 0 Å². The van der Waals surface area contributed by atoms with Crippen molar-refractivity contribution in [2.24, 2.45) is 5.73 Å². The molecule has 2 atom stereocenters. The molecule has 0 fully saturated rings. The molecule has 0 aliphatic carbocycles. The van der Waals surface area contributed by atoms with Gasteiger partial charge in [0.25, 0.3) is 0 Å². The van der Waals surface area contributed by atoms with Crippen LogP contribution in [0.15, 0.2) is 24.3 Å². The zero-order chi connectivity index (χ0) is 10.6. The third-order valence-electron chi connectivity index (χ3n) is 2.27. The van der Waals surface area contributed by atoms with Gasteiger partial charge in [-0.05, 0) is 18.1 Å². The number of rotatable bonds is 3. The predicted octanol–water partition coefficient (Wildman–Crippen LogP) is 1.33. The molecule has 14 heavy (non-hydrogen) atoms. The SMILES string of the molecule is CC[C@H](O)[C@H](N)c1ccccc1C#N. The number of aliphatic hydroxyl groups is 1. The number of hydrogen-bond acceptors (Lipinski definition) is 3. The molecule has 0 saturated carbocycles. The van der Waals surface area contributed by atoms with Crippen molar-refractivity contribution in [3.05, 3.63) is 35.4 Å². The zero-order valence-electron chi connectivity index (χ0n) is 8.14. The minimum atomic E-state index is -0.593. The van der Waals surface area contributed by atoms with E-state index in [2.05, 4.69) is 6.07 Å². The van der Waals surface area contributed by atoms with Crippen molar-refractivity contribution < 1.29 is 5.11 Å². The number of nitrogens with zero attached hydrogens (tertiary/aromatic N) is 1. The second kappa shape index (κ2) is 4.75. The minimum absolute atomic E-state index is 0.476. The second-order valence-electron chi connectivity index (χ2n) is 3.20. The fraction of sp³-hybridized carbons (Fsp3) is 0.364. The van der Waals surface area contributed by atoms with Crippen LogP contribution < -0.4 is 5.73 Å². The van der Waals surface area contributed by atoms with Crippen molar-refractivity contribution in [3.8, 4) is 6.07 Å². The van der Waals surface area contributed by atoms with E-state index in [9.17, 15) is 5.11 Å². The van der Waals surface area contributed by atoms with Crippen LogP contribution in [-0.4, -0.2) is 11.2 Å². The summed E-state index contributed by atoms with van der Waals surface area (Å²) >= 11 is 0. The average molecular weight is 190 g/mol. The number of nitriles is 1. The molecule has 0 aliphatic rings. The van der Waals surface area contributed by atoms with Gasteiger partial charge < -0.3 is 10.8 Å². The Hall–Kier alpha value is -1.37. The van der Waals surface area contributed by atoms with Gasteiger partial charge in [0.2, 0.25) is 0 Å². The topological polar surface area (TPSA) is 70.0 Å². The van der Waals surface area contributed by atoms with E-state index in [1.54, 1.807) is 18.2 Å². The number of benzene rings is 1. The van der Waals surface area contributed by atoms with E-state index in [0.717, 1.165) is 0 Å². The minimum Gasteiger partial charge on any atom is -0.391 e. The molecule has 1 rings (SSSR count). The van der Waals surface area contributed by atoms with Gasteiger partial charge in [0.15, 0.2) is 0 Å². The van der Waals surface area contributed by atoms with Gasteiger partial charge in [-0.3, -0.25) is 0 Å². The maximum Gasteiger partial charge on any atom is 0.0995 e. The van der Waals surface area contributed by atoms with Gasteiger partial charge in [0, 0.05) is 0 Å². The molecule has 0 spiro atoms. The van der Waals surface area contributed by atoms with E-state index in [1.807, 2.05) is 13.0 Å². The van der Waals surface area contributed by atoms with Gasteiger partial charge in [0.05, 0.1) is 23.8 Å². The lowest BCUT2D eigenvalue weighted by atomic mass is 9.96. The quantitative estimate of drug-likeness (QED) is 0.755. The van der Waals surface area contributed by atoms with Crippen molar-refractivity contribution in [2.45, 2.75) is 25.5 Å². The molecule has 0 radical (unpaired) electrons. The summed E-state index contributed by atoms with van der Waals surface area (Å²) < 4.78 is 0. The number of hydrogen-bond donors (Lipinski definition) is 2. The Kier molecular flexibility index (Phi) is 3.63. The first-order chi connectivity index (χ1) is 6.70. The van der Waals surface area contributed by atoms with Crippen molar-refractivity contribution >= 4 is 0 Å². The van der Waals surface area contributed by atoms with E-state index in [-0.39, 0.29) is 0 Å². The molecule has 74 valence electrons. The summed E-state index contributed by atoms with van der Waals surface area (Å²) in [6.45, 7) is 1.86. The number of aliphatic hydroxyl groups excluding tert-OH is 1. The highest BCUT2D eigenvalue weighted by Crippen LogP contribution is 2.19. The van der Waals surface area contributed by atoms with Crippen molar-refractivity contribution in [1.82, 2.24) is 0 Å². The first kappa shape index (κ1) is 10.7. The largest absolute Gasteiger partial charge is 0.391 e. The maximum absolute atomic E-state index is 9.57. The fourth-order valence-electron chi connectivity index (χ4n) is 1.35. The summed E-state index contributed by atoms with van der Waals surface area (Å²) in [5.41, 5.74) is 7.07. The summed E-state index contributed by atoms with van der Waals surface area (Å²) in [6, 6.07) is 8.68. The molecule has 3 heteroatoms. The van der Waals surface area contributed by atoms with Crippen molar-refractivity contribution in [2.75, 3.05) is 0 Å². The molecular formula is C11H14N2O. The predicted molar refractivity (Wildman–Crippen MR) is 54.4 cm³/mol. The Morgan fingerprint density at radius 2 is 2.14 bits per heavy atom.